The van der Waals surface area contributed by atoms with Crippen LogP contribution in [0.5, 0.6) is 0 Å². The van der Waals surface area contributed by atoms with Gasteiger partial charge in [0.1, 0.15) is 44.0 Å². The van der Waals surface area contributed by atoms with Crippen molar-refractivity contribution in [3.05, 3.63) is 45.0 Å². The van der Waals surface area contributed by atoms with Crippen molar-refractivity contribution >= 4 is 23.5 Å². The predicted molar refractivity (Wildman–Crippen MR) is 133 cm³/mol. The molecule has 0 fully saturated rings. The van der Waals surface area contributed by atoms with Crippen molar-refractivity contribution in [1.29, 1.82) is 0 Å². The van der Waals surface area contributed by atoms with E-state index in [1.165, 1.54) is 33.9 Å². The minimum Gasteiger partial charge on any atom is -0.390 e. The van der Waals surface area contributed by atoms with Gasteiger partial charge < -0.3 is 30.3 Å². The maximum absolute atomic E-state index is 12.9. The molecule has 0 saturated heterocycles. The number of hydrogen-bond donors (Lipinski definition) is 2. The van der Waals surface area contributed by atoms with E-state index in [0.717, 1.165) is 0 Å². The summed E-state index contributed by atoms with van der Waals surface area (Å²) < 4.78 is 7.76. The summed E-state index contributed by atoms with van der Waals surface area (Å²) in [5.41, 5.74) is 0.529. The van der Waals surface area contributed by atoms with Crippen molar-refractivity contribution in [2.45, 2.75) is 71.3 Å². The number of imidazole rings is 2. The summed E-state index contributed by atoms with van der Waals surface area (Å²) in [7, 11) is 0. The quantitative estimate of drug-likeness (QED) is 0.203. The van der Waals surface area contributed by atoms with Crippen LogP contribution in [0.4, 0.5) is 11.9 Å². The Bertz CT molecular complexity index is 1130. The first kappa shape index (κ1) is 30.6. The first-order valence-electron chi connectivity index (χ1n) is 11.9. The Morgan fingerprint density at radius 3 is 2.16 bits per heavy atom. The number of hydroxylamine groups is 1. The molecule has 210 valence electrons. The Morgan fingerprint density at radius 2 is 1.58 bits per heavy atom. The molecule has 38 heavy (non-hydrogen) atoms. The Labute approximate surface area is 219 Å². The van der Waals surface area contributed by atoms with Crippen LogP contribution in [0.1, 0.15) is 41.0 Å². The van der Waals surface area contributed by atoms with E-state index >= 15 is 0 Å². The van der Waals surface area contributed by atoms with Crippen LogP contribution in [0.2, 0.25) is 0 Å². The third-order valence-corrected chi connectivity index (χ3v) is 5.78. The van der Waals surface area contributed by atoms with Gasteiger partial charge in [0, 0.05) is 19.6 Å². The summed E-state index contributed by atoms with van der Waals surface area (Å²) >= 11 is 0. The zero-order valence-electron chi connectivity index (χ0n) is 22.1. The first-order chi connectivity index (χ1) is 17.8. The lowest BCUT2D eigenvalue weighted by Crippen LogP contribution is -2.54. The molecule has 2 N–H and O–H groups in total. The number of carbonyl (C=O) groups is 2. The Morgan fingerprint density at radius 1 is 1.00 bits per heavy atom. The van der Waals surface area contributed by atoms with E-state index in [0.29, 0.717) is 6.61 Å². The Balaban J connectivity index is 2.08. The number of aromatic nitrogens is 4. The van der Waals surface area contributed by atoms with Gasteiger partial charge in [-0.25, -0.2) is 9.13 Å². The van der Waals surface area contributed by atoms with Gasteiger partial charge in [0.2, 0.25) is 0 Å². The topological polar surface area (TPSA) is 199 Å². The molecule has 0 aliphatic rings. The maximum Gasteiger partial charge on any atom is 0.434 e. The Kier molecular flexibility index (Phi) is 10.7. The summed E-state index contributed by atoms with van der Waals surface area (Å²) in [4.78, 5) is 59.7. The zero-order valence-corrected chi connectivity index (χ0v) is 22.1. The molecule has 2 aromatic rings. The van der Waals surface area contributed by atoms with Gasteiger partial charge in [0.25, 0.3) is 0 Å². The predicted octanol–water partition coefficient (Wildman–Crippen LogP) is 1.20. The van der Waals surface area contributed by atoms with Crippen LogP contribution in [0.3, 0.4) is 0 Å². The van der Waals surface area contributed by atoms with Crippen molar-refractivity contribution in [3.8, 4) is 0 Å². The molecule has 0 aliphatic heterocycles. The number of hydrogen-bond acceptors (Lipinski definition) is 12. The molecule has 0 radical (unpaired) electrons. The summed E-state index contributed by atoms with van der Waals surface area (Å²) in [6.07, 6.45) is 4.58. The Hall–Kier alpha value is -3.60. The molecule has 0 spiro atoms. The van der Waals surface area contributed by atoms with Gasteiger partial charge in [-0.2, -0.15) is 5.48 Å². The van der Waals surface area contributed by atoms with Crippen molar-refractivity contribution in [1.82, 2.24) is 29.9 Å². The number of carbonyl (C=O) groups excluding carboxylic acids is 2. The lowest BCUT2D eigenvalue weighted by molar-refractivity contribution is -0.397. The number of ketones is 2. The van der Waals surface area contributed by atoms with E-state index < -0.39 is 27.0 Å². The molecule has 0 saturated carbocycles. The zero-order chi connectivity index (χ0) is 28.5. The van der Waals surface area contributed by atoms with Crippen molar-refractivity contribution in [2.24, 2.45) is 0 Å². The first-order valence-corrected chi connectivity index (χ1v) is 11.9. The minimum atomic E-state index is -1.21. The van der Waals surface area contributed by atoms with Crippen LogP contribution in [-0.2, 0) is 32.3 Å². The van der Waals surface area contributed by atoms with Gasteiger partial charge in [-0.15, -0.1) is 0 Å². The van der Waals surface area contributed by atoms with Crippen LogP contribution in [0.15, 0.2) is 24.8 Å². The average molecular weight is 539 g/mol. The molecule has 2 heterocycles. The highest BCUT2D eigenvalue weighted by atomic mass is 16.7. The van der Waals surface area contributed by atoms with Crippen LogP contribution in [0, 0.1) is 20.2 Å². The fraction of sp³-hybridized carbons (Fsp3) is 0.636. The number of rotatable bonds is 18. The van der Waals surface area contributed by atoms with E-state index in [2.05, 4.69) is 20.8 Å². The molecular formula is C22H34N8O8. The number of nitrogens with zero attached hydrogens (tertiary/aromatic N) is 6. The molecule has 16 heteroatoms. The van der Waals surface area contributed by atoms with Crippen LogP contribution >= 0.6 is 0 Å². The highest BCUT2D eigenvalue weighted by Crippen LogP contribution is 2.15. The third kappa shape index (κ3) is 8.47. The number of nitro groups is 2. The smallest absolute Gasteiger partial charge is 0.390 e. The van der Waals surface area contributed by atoms with E-state index in [-0.39, 0.29) is 56.1 Å². The van der Waals surface area contributed by atoms with Gasteiger partial charge in [-0.3, -0.25) is 14.4 Å². The molecular weight excluding hydrogens is 504 g/mol. The molecule has 16 nitrogen and oxygen atoms in total. The summed E-state index contributed by atoms with van der Waals surface area (Å²) in [5, 5.41) is 25.5. The maximum atomic E-state index is 12.9. The van der Waals surface area contributed by atoms with Crippen LogP contribution < -0.4 is 10.8 Å². The number of aryl methyl sites for hydroxylation is 1. The summed E-state index contributed by atoms with van der Waals surface area (Å²) in [6, 6.07) is 0. The van der Waals surface area contributed by atoms with E-state index in [1.54, 1.807) is 34.6 Å². The van der Waals surface area contributed by atoms with Crippen molar-refractivity contribution < 1.29 is 29.0 Å². The van der Waals surface area contributed by atoms with E-state index in [9.17, 15) is 29.8 Å². The van der Waals surface area contributed by atoms with Crippen LogP contribution in [-0.4, -0.2) is 77.5 Å². The third-order valence-electron chi connectivity index (χ3n) is 5.78. The summed E-state index contributed by atoms with van der Waals surface area (Å²) in [5.74, 6) is -1.24. The van der Waals surface area contributed by atoms with Gasteiger partial charge in [0.05, 0.1) is 17.6 Å². The highest BCUT2D eigenvalue weighted by Gasteiger charge is 2.32. The second kappa shape index (κ2) is 13.3. The lowest BCUT2D eigenvalue weighted by atomic mass is 9.98. The highest BCUT2D eigenvalue weighted by molar-refractivity contribution is 5.88. The lowest BCUT2D eigenvalue weighted by Gasteiger charge is -2.30. The normalized spacial score (nSPS) is 12.9. The van der Waals surface area contributed by atoms with Gasteiger partial charge >= 0.3 is 11.9 Å². The molecule has 2 rings (SSSR count). The molecule has 0 aliphatic carbocycles. The second-order valence-electron chi connectivity index (χ2n) is 9.52. The molecule has 0 amide bonds. The van der Waals surface area contributed by atoms with Gasteiger partial charge in [-0.1, -0.05) is 9.97 Å². The standard InChI is InChI=1S/C22H34N8O8/c1-6-37-15-18(32)21(2,3)25-13-16(14-28-12-9-24-20(28)30(35)36)38-26-22(4,5)17(31)7-10-27-11-8-23-19(27)29(33)34/h8-9,11-12,16,25-26H,6-7,10,13-15H2,1-5H3. The molecule has 1 unspecified atom stereocenters. The fourth-order valence-corrected chi connectivity index (χ4v) is 3.29. The molecule has 2 aromatic heterocycles. The molecule has 1 atom stereocenters. The van der Waals surface area contributed by atoms with Gasteiger partial charge in [-0.05, 0) is 44.5 Å². The van der Waals surface area contributed by atoms with Crippen LogP contribution in [0.25, 0.3) is 0 Å². The minimum absolute atomic E-state index is 0.0163. The fourth-order valence-electron chi connectivity index (χ4n) is 3.29. The monoisotopic (exact) mass is 538 g/mol. The number of nitrogens with one attached hydrogen (secondary N) is 2. The molecule has 0 aromatic carbocycles. The number of ether oxygens (including phenoxy) is 1. The van der Waals surface area contributed by atoms with Crippen molar-refractivity contribution in [2.75, 3.05) is 19.8 Å². The van der Waals surface area contributed by atoms with E-state index in [1.807, 2.05) is 0 Å². The number of Topliss-reactive ketones (excluding diaryl/α,β-unsaturated/α-hetero) is 2. The second-order valence-corrected chi connectivity index (χ2v) is 9.52. The SMILES string of the molecule is CCOCC(=O)C(C)(C)NCC(Cn1ccnc1[N+](=O)[O-])ONC(C)(C)C(=O)CCn1ccnc1[N+](=O)[O-]. The molecule has 0 bridgehead atoms. The van der Waals surface area contributed by atoms with Gasteiger partial charge in [0.15, 0.2) is 11.6 Å². The summed E-state index contributed by atoms with van der Waals surface area (Å²) in [6.45, 7) is 8.72. The van der Waals surface area contributed by atoms with Crippen molar-refractivity contribution in [3.63, 3.8) is 0 Å². The van der Waals surface area contributed by atoms with E-state index in [4.69, 9.17) is 9.57 Å². The largest absolute Gasteiger partial charge is 0.434 e. The average Bonchev–Trinajstić information content (AvgIpc) is 3.52.